The molecule has 0 radical (unpaired) electrons. The molecule has 1 aliphatic heterocycles. The third-order valence-electron chi connectivity index (χ3n) is 10.2. The number of esters is 4. The Morgan fingerprint density at radius 1 is 0.547 bits per heavy atom. The predicted octanol–water partition coefficient (Wildman–Crippen LogP) is 9.13. The van der Waals surface area contributed by atoms with E-state index >= 15 is 0 Å². The Kier molecular flexibility index (Phi) is 31.6. The monoisotopic (exact) mass is 754 g/mol. The van der Waals surface area contributed by atoms with Crippen molar-refractivity contribution in [3.05, 3.63) is 0 Å². The molecular weight excluding hydrogens is 674 g/mol. The summed E-state index contributed by atoms with van der Waals surface area (Å²) in [6.07, 6.45) is 23.6. The predicted molar refractivity (Wildman–Crippen MR) is 210 cm³/mol. The lowest BCUT2D eigenvalue weighted by Crippen LogP contribution is -2.48. The van der Waals surface area contributed by atoms with Crippen LogP contribution in [0.3, 0.4) is 0 Å². The van der Waals surface area contributed by atoms with Gasteiger partial charge in [0.25, 0.3) is 0 Å². The van der Waals surface area contributed by atoms with Gasteiger partial charge in [-0.15, -0.1) is 0 Å². The van der Waals surface area contributed by atoms with Crippen molar-refractivity contribution >= 4 is 23.9 Å². The van der Waals surface area contributed by atoms with Gasteiger partial charge in [0, 0.05) is 44.9 Å². The first kappa shape index (κ1) is 48.8. The largest absolute Gasteiger partial charge is 0.466 e. The maximum Gasteiger partial charge on any atom is 0.308 e. The van der Waals surface area contributed by atoms with Crippen LogP contribution in [-0.2, 0) is 38.1 Å². The highest BCUT2D eigenvalue weighted by Crippen LogP contribution is 2.21. The van der Waals surface area contributed by atoms with Gasteiger partial charge in [-0.25, -0.2) is 0 Å². The van der Waals surface area contributed by atoms with Crippen LogP contribution in [0.5, 0.6) is 0 Å². The Morgan fingerprint density at radius 2 is 0.981 bits per heavy atom. The van der Waals surface area contributed by atoms with E-state index in [4.69, 9.17) is 18.9 Å². The van der Waals surface area contributed by atoms with Crippen LogP contribution >= 0.6 is 0 Å². The smallest absolute Gasteiger partial charge is 0.308 e. The Balaban J connectivity index is 2.53. The number of nitrogens with zero attached hydrogens (tertiary/aromatic N) is 1. The highest BCUT2D eigenvalue weighted by molar-refractivity contribution is 5.72. The van der Waals surface area contributed by atoms with Crippen LogP contribution in [0.25, 0.3) is 0 Å². The third kappa shape index (κ3) is 28.0. The van der Waals surface area contributed by atoms with Crippen molar-refractivity contribution in [3.8, 4) is 0 Å². The highest BCUT2D eigenvalue weighted by atomic mass is 16.6. The molecular formula is C43H79NO9. The molecule has 10 nitrogen and oxygen atoms in total. The number of unbranched alkanes of at least 4 members (excludes halogenated alkanes) is 15. The molecule has 1 fully saturated rings. The minimum atomic E-state index is -0.469. The van der Waals surface area contributed by atoms with Gasteiger partial charge in [-0.1, -0.05) is 124 Å². The van der Waals surface area contributed by atoms with Crippen molar-refractivity contribution in [2.45, 2.75) is 181 Å². The zero-order chi connectivity index (χ0) is 38.8. The molecule has 0 spiro atoms. The van der Waals surface area contributed by atoms with Crippen molar-refractivity contribution in [1.29, 1.82) is 0 Å². The maximum atomic E-state index is 13.3. The molecule has 1 heterocycles. The second kappa shape index (κ2) is 34.3. The van der Waals surface area contributed by atoms with Gasteiger partial charge in [-0.2, -0.15) is 0 Å². The van der Waals surface area contributed by atoms with Crippen LogP contribution in [0.4, 0.5) is 0 Å². The van der Waals surface area contributed by atoms with Crippen molar-refractivity contribution < 1.29 is 43.2 Å². The van der Waals surface area contributed by atoms with Crippen LogP contribution in [-0.4, -0.2) is 86.6 Å². The van der Waals surface area contributed by atoms with E-state index in [0.717, 1.165) is 83.8 Å². The molecule has 1 aliphatic rings. The molecule has 1 rings (SSSR count). The molecule has 53 heavy (non-hydrogen) atoms. The zero-order valence-corrected chi connectivity index (χ0v) is 34.2. The fraction of sp³-hybridized carbons (Fsp3) is 0.907. The summed E-state index contributed by atoms with van der Waals surface area (Å²) in [5, 5.41) is 9.21. The second-order valence-electron chi connectivity index (χ2n) is 15.4. The zero-order valence-electron chi connectivity index (χ0n) is 34.2. The fourth-order valence-electron chi connectivity index (χ4n) is 6.67. The molecule has 0 aromatic heterocycles. The molecule has 10 heteroatoms. The summed E-state index contributed by atoms with van der Waals surface area (Å²) in [5.41, 5.74) is 0. The standard InChI is InChI=1S/C43H79NO9/c1-4-7-10-13-15-17-22-30-50-40(46)26-20-21-27-41(47)51-34-38(35-52-42(48)28-23-29-44-31-37(32-44)33-45)36-53-43(49)39(24-18-12-9-6-3)25-19-16-14-11-8-5-2/h37-39,45H,4-36H2,1-3H3. The number of aliphatic hydroxyl groups is 1. The van der Waals surface area contributed by atoms with Gasteiger partial charge in [0.2, 0.25) is 0 Å². The molecule has 310 valence electrons. The number of carbonyl (C=O) groups is 4. The van der Waals surface area contributed by atoms with E-state index in [2.05, 4.69) is 25.7 Å². The van der Waals surface area contributed by atoms with Crippen LogP contribution in [0.1, 0.15) is 181 Å². The van der Waals surface area contributed by atoms with Gasteiger partial charge in [0.1, 0.15) is 19.8 Å². The molecule has 0 bridgehead atoms. The third-order valence-corrected chi connectivity index (χ3v) is 10.2. The molecule has 0 aromatic rings. The molecule has 2 unspecified atom stereocenters. The van der Waals surface area contributed by atoms with Gasteiger partial charge < -0.3 is 29.0 Å². The van der Waals surface area contributed by atoms with E-state index in [1.54, 1.807) is 0 Å². The number of ether oxygens (including phenoxy) is 4. The van der Waals surface area contributed by atoms with Crippen molar-refractivity contribution in [2.75, 3.05) is 52.7 Å². The molecule has 1 saturated heterocycles. The van der Waals surface area contributed by atoms with Gasteiger partial charge in [0.05, 0.1) is 18.4 Å². The number of hydrogen-bond donors (Lipinski definition) is 1. The topological polar surface area (TPSA) is 129 Å². The Bertz CT molecular complexity index is 923. The van der Waals surface area contributed by atoms with Crippen molar-refractivity contribution in [2.24, 2.45) is 17.8 Å². The molecule has 2 atom stereocenters. The van der Waals surface area contributed by atoms with E-state index in [1.165, 1.54) is 57.8 Å². The lowest BCUT2D eigenvalue weighted by molar-refractivity contribution is -0.156. The molecule has 1 N–H and O–H groups in total. The van der Waals surface area contributed by atoms with Crippen LogP contribution < -0.4 is 0 Å². The molecule has 0 amide bonds. The Hall–Kier alpha value is -2.20. The highest BCUT2D eigenvalue weighted by Gasteiger charge is 2.26. The average Bonchev–Trinajstić information content (AvgIpc) is 3.13. The minimum Gasteiger partial charge on any atom is -0.466 e. The van der Waals surface area contributed by atoms with E-state index in [0.29, 0.717) is 31.8 Å². The summed E-state index contributed by atoms with van der Waals surface area (Å²) >= 11 is 0. The van der Waals surface area contributed by atoms with Gasteiger partial charge in [0.15, 0.2) is 0 Å². The summed E-state index contributed by atoms with van der Waals surface area (Å²) in [7, 11) is 0. The van der Waals surface area contributed by atoms with Gasteiger partial charge in [-0.3, -0.25) is 19.2 Å². The van der Waals surface area contributed by atoms with Crippen LogP contribution in [0.15, 0.2) is 0 Å². The average molecular weight is 754 g/mol. The number of carbonyl (C=O) groups excluding carboxylic acids is 4. The van der Waals surface area contributed by atoms with Gasteiger partial charge in [-0.05, 0) is 45.1 Å². The second-order valence-corrected chi connectivity index (χ2v) is 15.4. The van der Waals surface area contributed by atoms with Crippen molar-refractivity contribution in [3.63, 3.8) is 0 Å². The minimum absolute atomic E-state index is 0.00112. The van der Waals surface area contributed by atoms with Crippen molar-refractivity contribution in [1.82, 2.24) is 4.90 Å². The van der Waals surface area contributed by atoms with E-state index in [1.807, 2.05) is 0 Å². The van der Waals surface area contributed by atoms with E-state index < -0.39 is 11.9 Å². The number of rotatable bonds is 37. The SMILES string of the molecule is CCCCCCCCCOC(=O)CCCCC(=O)OCC(COC(=O)CCCN1CC(CO)C1)COC(=O)C(CCCCCC)CCCCCCCC. The lowest BCUT2D eigenvalue weighted by Gasteiger charge is -2.38. The Labute approximate surface area is 323 Å². The maximum absolute atomic E-state index is 13.3. The molecule has 0 aromatic carbocycles. The fourth-order valence-corrected chi connectivity index (χ4v) is 6.67. The van der Waals surface area contributed by atoms with Crippen LogP contribution in [0.2, 0.25) is 0 Å². The summed E-state index contributed by atoms with van der Waals surface area (Å²) in [5.74, 6) is -1.46. The van der Waals surface area contributed by atoms with Gasteiger partial charge >= 0.3 is 23.9 Å². The normalized spacial score (nSPS) is 14.3. The number of aliphatic hydroxyl groups excluding tert-OH is 1. The van der Waals surface area contributed by atoms with Crippen LogP contribution in [0, 0.1) is 17.8 Å². The first-order valence-electron chi connectivity index (χ1n) is 21.8. The summed E-state index contributed by atoms with van der Waals surface area (Å²) in [6, 6.07) is 0. The number of hydrogen-bond acceptors (Lipinski definition) is 10. The first-order chi connectivity index (χ1) is 25.8. The van der Waals surface area contributed by atoms with E-state index in [-0.39, 0.29) is 69.5 Å². The quantitative estimate of drug-likeness (QED) is 0.0373. The lowest BCUT2D eigenvalue weighted by atomic mass is 9.94. The van der Waals surface area contributed by atoms with E-state index in [9.17, 15) is 24.3 Å². The summed E-state index contributed by atoms with van der Waals surface area (Å²) in [4.78, 5) is 52.8. The summed E-state index contributed by atoms with van der Waals surface area (Å²) < 4.78 is 22.3. The summed E-state index contributed by atoms with van der Waals surface area (Å²) in [6.45, 7) is 9.72. The molecule has 0 aliphatic carbocycles. The number of likely N-dealkylation sites (tertiary alicyclic amines) is 1. The first-order valence-corrected chi connectivity index (χ1v) is 21.8. The Morgan fingerprint density at radius 3 is 1.51 bits per heavy atom. The molecule has 0 saturated carbocycles.